The highest BCUT2D eigenvalue weighted by molar-refractivity contribution is 5.97. The maximum absolute atomic E-state index is 13.2. The molecule has 0 bridgehead atoms. The Labute approximate surface area is 191 Å². The first-order valence-corrected chi connectivity index (χ1v) is 11.4. The molecule has 0 spiro atoms. The van der Waals surface area contributed by atoms with Gasteiger partial charge in [0.05, 0.1) is 22.3 Å². The maximum atomic E-state index is 13.2. The van der Waals surface area contributed by atoms with E-state index >= 15 is 0 Å². The Morgan fingerprint density at radius 3 is 2.42 bits per heavy atom. The molecular weight excluding hydrogens is 420 g/mol. The normalized spacial score (nSPS) is 18.5. The molecule has 2 fully saturated rings. The van der Waals surface area contributed by atoms with E-state index in [1.165, 1.54) is 0 Å². The molecule has 9 nitrogen and oxygen atoms in total. The number of hydrogen-bond donors (Lipinski definition) is 0. The molecule has 3 aromatic rings. The van der Waals surface area contributed by atoms with Crippen molar-refractivity contribution in [1.29, 1.82) is 0 Å². The molecule has 33 heavy (non-hydrogen) atoms. The lowest BCUT2D eigenvalue weighted by molar-refractivity contribution is 0.0784. The molecule has 2 amide bonds. The zero-order valence-corrected chi connectivity index (χ0v) is 19.2. The molecule has 4 heterocycles. The number of carbonyl (C=O) groups excluding carboxylic acids is 2. The lowest BCUT2D eigenvalue weighted by Gasteiger charge is -2.18. The van der Waals surface area contributed by atoms with Gasteiger partial charge < -0.3 is 9.80 Å². The fourth-order valence-electron chi connectivity index (χ4n) is 4.96. The van der Waals surface area contributed by atoms with Gasteiger partial charge in [-0.2, -0.15) is 0 Å². The van der Waals surface area contributed by atoms with E-state index in [9.17, 15) is 14.4 Å². The van der Waals surface area contributed by atoms with Crippen molar-refractivity contribution < 1.29 is 9.59 Å². The minimum atomic E-state index is -0.116. The van der Waals surface area contributed by atoms with Crippen molar-refractivity contribution in [3.8, 4) is 0 Å². The quantitative estimate of drug-likeness (QED) is 0.610. The second kappa shape index (κ2) is 8.13. The Kier molecular flexibility index (Phi) is 5.26. The standard InChI is InChI=1S/C24H28N6O3/c1-15-18(23(32)29-9-4-5-10-29)13-25-21(26-15)17-8-11-30(14-17)22(31)16-6-7-19-20(12-16)28(3)24(33)27(19)2/h6-7,12-13,17H,4-5,8-11,14H2,1-3H3/t17-/m0/s1. The molecule has 9 heteroatoms. The molecule has 0 radical (unpaired) electrons. The Balaban J connectivity index is 1.32. The summed E-state index contributed by atoms with van der Waals surface area (Å²) < 4.78 is 3.13. The molecule has 0 unspecified atom stereocenters. The third kappa shape index (κ3) is 3.61. The predicted molar refractivity (Wildman–Crippen MR) is 123 cm³/mol. The van der Waals surface area contributed by atoms with Crippen LogP contribution in [-0.4, -0.2) is 66.9 Å². The first-order valence-electron chi connectivity index (χ1n) is 11.4. The van der Waals surface area contributed by atoms with Gasteiger partial charge in [-0.3, -0.25) is 18.7 Å². The highest BCUT2D eigenvalue weighted by Crippen LogP contribution is 2.27. The fraction of sp³-hybridized carbons (Fsp3) is 0.458. The van der Waals surface area contributed by atoms with Crippen molar-refractivity contribution >= 4 is 22.8 Å². The fourth-order valence-corrected chi connectivity index (χ4v) is 4.96. The molecule has 0 N–H and O–H groups in total. The molecule has 2 aromatic heterocycles. The van der Waals surface area contributed by atoms with E-state index in [2.05, 4.69) is 9.97 Å². The predicted octanol–water partition coefficient (Wildman–Crippen LogP) is 1.84. The number of likely N-dealkylation sites (tertiary alicyclic amines) is 2. The van der Waals surface area contributed by atoms with Crippen molar-refractivity contribution in [2.75, 3.05) is 26.2 Å². The minimum Gasteiger partial charge on any atom is -0.339 e. The number of aromatic nitrogens is 4. The Morgan fingerprint density at radius 1 is 0.970 bits per heavy atom. The van der Waals surface area contributed by atoms with Gasteiger partial charge in [0.15, 0.2) is 0 Å². The maximum Gasteiger partial charge on any atom is 0.328 e. The van der Waals surface area contributed by atoms with Gasteiger partial charge in [0.1, 0.15) is 5.82 Å². The van der Waals surface area contributed by atoms with Crippen LogP contribution >= 0.6 is 0 Å². The molecule has 1 atom stereocenters. The lowest BCUT2D eigenvalue weighted by Crippen LogP contribution is -2.29. The summed E-state index contributed by atoms with van der Waals surface area (Å²) >= 11 is 0. The Morgan fingerprint density at radius 2 is 1.70 bits per heavy atom. The van der Waals surface area contributed by atoms with Crippen LogP contribution in [-0.2, 0) is 14.1 Å². The first-order chi connectivity index (χ1) is 15.8. The molecule has 0 aliphatic carbocycles. The van der Waals surface area contributed by atoms with Crippen LogP contribution in [0.15, 0.2) is 29.2 Å². The molecule has 0 saturated carbocycles. The summed E-state index contributed by atoms with van der Waals surface area (Å²) in [6.45, 7) is 4.59. The highest BCUT2D eigenvalue weighted by atomic mass is 16.2. The van der Waals surface area contributed by atoms with E-state index in [1.54, 1.807) is 41.6 Å². The Hall–Kier alpha value is -3.49. The molecule has 5 rings (SSSR count). The molecule has 1 aromatic carbocycles. The van der Waals surface area contributed by atoms with Crippen LogP contribution < -0.4 is 5.69 Å². The number of rotatable bonds is 3. The van der Waals surface area contributed by atoms with E-state index in [1.807, 2.05) is 22.8 Å². The largest absolute Gasteiger partial charge is 0.339 e. The number of nitrogens with zero attached hydrogens (tertiary/aromatic N) is 6. The molecule has 2 aliphatic rings. The van der Waals surface area contributed by atoms with Gasteiger partial charge in [0.25, 0.3) is 11.8 Å². The second-order valence-corrected chi connectivity index (χ2v) is 9.07. The smallest absolute Gasteiger partial charge is 0.328 e. The van der Waals surface area contributed by atoms with Gasteiger partial charge in [-0.25, -0.2) is 14.8 Å². The topological polar surface area (TPSA) is 93.3 Å². The molecule has 2 saturated heterocycles. The lowest BCUT2D eigenvalue weighted by atomic mass is 10.1. The van der Waals surface area contributed by atoms with Crippen LogP contribution in [0.3, 0.4) is 0 Å². The first kappa shape index (κ1) is 21.4. The van der Waals surface area contributed by atoms with Gasteiger partial charge in [0, 0.05) is 58.0 Å². The van der Waals surface area contributed by atoms with Crippen molar-refractivity contribution in [2.24, 2.45) is 14.1 Å². The van der Waals surface area contributed by atoms with Crippen molar-refractivity contribution in [1.82, 2.24) is 28.9 Å². The number of imidazole rings is 1. The van der Waals surface area contributed by atoms with Crippen LogP contribution in [0.5, 0.6) is 0 Å². The van der Waals surface area contributed by atoms with Crippen LogP contribution in [0.1, 0.15) is 57.4 Å². The Bertz CT molecular complexity index is 1320. The summed E-state index contributed by atoms with van der Waals surface area (Å²) in [5.74, 6) is 0.661. The third-order valence-electron chi connectivity index (χ3n) is 6.98. The van der Waals surface area contributed by atoms with Gasteiger partial charge in [-0.1, -0.05) is 0 Å². The van der Waals surface area contributed by atoms with Gasteiger partial charge in [-0.15, -0.1) is 0 Å². The zero-order chi connectivity index (χ0) is 23.3. The average Bonchev–Trinajstić information content (AvgIpc) is 3.57. The summed E-state index contributed by atoms with van der Waals surface area (Å²) in [5.41, 5.74) is 3.24. The van der Waals surface area contributed by atoms with Crippen molar-refractivity contribution in [3.63, 3.8) is 0 Å². The van der Waals surface area contributed by atoms with E-state index in [4.69, 9.17) is 0 Å². The van der Waals surface area contributed by atoms with E-state index < -0.39 is 0 Å². The summed E-state index contributed by atoms with van der Waals surface area (Å²) in [6.07, 6.45) is 4.51. The van der Waals surface area contributed by atoms with Crippen LogP contribution in [0.25, 0.3) is 11.0 Å². The molecule has 2 aliphatic heterocycles. The monoisotopic (exact) mass is 448 g/mol. The number of carbonyl (C=O) groups is 2. The summed E-state index contributed by atoms with van der Waals surface area (Å²) in [5, 5.41) is 0. The van der Waals surface area contributed by atoms with Crippen LogP contribution in [0.4, 0.5) is 0 Å². The number of hydrogen-bond acceptors (Lipinski definition) is 5. The van der Waals surface area contributed by atoms with Gasteiger partial charge in [-0.05, 0) is 44.4 Å². The zero-order valence-electron chi connectivity index (χ0n) is 19.2. The van der Waals surface area contributed by atoms with Crippen molar-refractivity contribution in [3.05, 3.63) is 57.5 Å². The minimum absolute atomic E-state index is 0.00507. The van der Waals surface area contributed by atoms with Gasteiger partial charge in [0.2, 0.25) is 0 Å². The summed E-state index contributed by atoms with van der Waals surface area (Å²) in [4.78, 5) is 50.9. The summed E-state index contributed by atoms with van der Waals surface area (Å²) in [6, 6.07) is 5.38. The number of aryl methyl sites for hydroxylation is 3. The van der Waals surface area contributed by atoms with Gasteiger partial charge >= 0.3 is 5.69 Å². The average molecular weight is 449 g/mol. The SMILES string of the molecule is Cc1nc([C@H]2CCN(C(=O)c3ccc4c(c3)n(C)c(=O)n4C)C2)ncc1C(=O)N1CCCC1. The molecular formula is C24H28N6O3. The number of benzene rings is 1. The number of fused-ring (bicyclic) bond motifs is 1. The molecule has 172 valence electrons. The number of amides is 2. The van der Waals surface area contributed by atoms with Crippen molar-refractivity contribution in [2.45, 2.75) is 32.1 Å². The van der Waals surface area contributed by atoms with Crippen LogP contribution in [0.2, 0.25) is 0 Å². The third-order valence-corrected chi connectivity index (χ3v) is 6.98. The van der Waals surface area contributed by atoms with E-state index in [0.717, 1.165) is 43.4 Å². The second-order valence-electron chi connectivity index (χ2n) is 9.07. The van der Waals surface area contributed by atoms with E-state index in [0.29, 0.717) is 35.7 Å². The van der Waals surface area contributed by atoms with E-state index in [-0.39, 0.29) is 23.4 Å². The highest BCUT2D eigenvalue weighted by Gasteiger charge is 2.31. The van der Waals surface area contributed by atoms with Crippen LogP contribution in [0, 0.1) is 6.92 Å². The summed E-state index contributed by atoms with van der Waals surface area (Å²) in [7, 11) is 3.44.